The number of ketones is 1. The van der Waals surface area contributed by atoms with Crippen molar-refractivity contribution < 1.29 is 4.79 Å². The predicted octanol–water partition coefficient (Wildman–Crippen LogP) is 2.58. The van der Waals surface area contributed by atoms with Crippen molar-refractivity contribution in [1.82, 2.24) is 0 Å². The Morgan fingerprint density at radius 1 is 1.40 bits per heavy atom. The molecule has 1 unspecified atom stereocenters. The van der Waals surface area contributed by atoms with Crippen LogP contribution in [0.5, 0.6) is 0 Å². The van der Waals surface area contributed by atoms with Crippen molar-refractivity contribution in [2.45, 2.75) is 32.2 Å². The number of Topliss-reactive ketones (excluding diaryl/α,β-unsaturated/α-hetero) is 1. The van der Waals surface area contributed by atoms with Gasteiger partial charge in [0.1, 0.15) is 5.78 Å². The highest BCUT2D eigenvalue weighted by Gasteiger charge is 2.05. The van der Waals surface area contributed by atoms with Crippen LogP contribution in [0, 0.1) is 0 Å². The van der Waals surface area contributed by atoms with Crippen molar-refractivity contribution in [1.29, 1.82) is 0 Å². The molecule has 3 heteroatoms. The van der Waals surface area contributed by atoms with Gasteiger partial charge in [-0.25, -0.2) is 0 Å². The largest absolute Gasteiger partial charge is 0.328 e. The highest BCUT2D eigenvalue weighted by molar-refractivity contribution is 6.30. The molecule has 15 heavy (non-hydrogen) atoms. The summed E-state index contributed by atoms with van der Waals surface area (Å²) in [5.74, 6) is 0.231. The molecule has 82 valence electrons. The SMILES string of the molecule is CC(N)CCC(=O)Cc1ccc(Cl)cc1. The van der Waals surface area contributed by atoms with Crippen molar-refractivity contribution in [2.24, 2.45) is 5.73 Å². The third kappa shape index (κ3) is 4.96. The first-order valence-electron chi connectivity index (χ1n) is 5.09. The first kappa shape index (κ1) is 12.2. The molecule has 0 amide bonds. The fourth-order valence-electron chi connectivity index (χ4n) is 1.31. The Kier molecular flexibility index (Phi) is 4.79. The summed E-state index contributed by atoms with van der Waals surface area (Å²) in [5, 5.41) is 0.696. The molecule has 2 N–H and O–H groups in total. The number of benzene rings is 1. The fraction of sp³-hybridized carbons (Fsp3) is 0.417. The van der Waals surface area contributed by atoms with Crippen LogP contribution in [0.2, 0.25) is 5.02 Å². The van der Waals surface area contributed by atoms with E-state index in [1.54, 1.807) is 12.1 Å². The average Bonchev–Trinajstić information content (AvgIpc) is 2.19. The maximum absolute atomic E-state index is 11.5. The Morgan fingerprint density at radius 2 is 2.00 bits per heavy atom. The minimum Gasteiger partial charge on any atom is -0.328 e. The Bertz CT molecular complexity index is 319. The monoisotopic (exact) mass is 225 g/mol. The topological polar surface area (TPSA) is 43.1 Å². The van der Waals surface area contributed by atoms with Gasteiger partial charge < -0.3 is 5.73 Å². The van der Waals surface area contributed by atoms with E-state index in [4.69, 9.17) is 17.3 Å². The predicted molar refractivity (Wildman–Crippen MR) is 63.0 cm³/mol. The van der Waals surface area contributed by atoms with Crippen molar-refractivity contribution >= 4 is 17.4 Å². The van der Waals surface area contributed by atoms with Crippen molar-refractivity contribution in [2.75, 3.05) is 0 Å². The van der Waals surface area contributed by atoms with E-state index in [1.807, 2.05) is 19.1 Å². The Labute approximate surface area is 95.4 Å². The van der Waals surface area contributed by atoms with Crippen LogP contribution in [0.1, 0.15) is 25.3 Å². The lowest BCUT2D eigenvalue weighted by Crippen LogP contribution is -2.16. The van der Waals surface area contributed by atoms with Crippen molar-refractivity contribution in [3.05, 3.63) is 34.9 Å². The van der Waals surface area contributed by atoms with E-state index in [1.165, 1.54) is 0 Å². The van der Waals surface area contributed by atoms with E-state index < -0.39 is 0 Å². The number of carbonyl (C=O) groups excluding carboxylic acids is 1. The first-order chi connectivity index (χ1) is 7.08. The van der Waals surface area contributed by atoms with Gasteiger partial charge in [-0.3, -0.25) is 4.79 Å². The van der Waals surface area contributed by atoms with Crippen LogP contribution in [0.4, 0.5) is 0 Å². The molecule has 0 aliphatic rings. The smallest absolute Gasteiger partial charge is 0.137 e. The summed E-state index contributed by atoms with van der Waals surface area (Å²) in [4.78, 5) is 11.5. The van der Waals surface area contributed by atoms with Crippen molar-refractivity contribution in [3.63, 3.8) is 0 Å². The van der Waals surface area contributed by atoms with Gasteiger partial charge in [0.15, 0.2) is 0 Å². The lowest BCUT2D eigenvalue weighted by molar-refractivity contribution is -0.118. The molecule has 2 nitrogen and oxygen atoms in total. The molecule has 1 aromatic carbocycles. The van der Waals surface area contributed by atoms with E-state index in [2.05, 4.69) is 0 Å². The minimum atomic E-state index is 0.0965. The zero-order valence-electron chi connectivity index (χ0n) is 8.87. The summed E-state index contributed by atoms with van der Waals surface area (Å²) < 4.78 is 0. The van der Waals surface area contributed by atoms with Crippen LogP contribution < -0.4 is 5.73 Å². The number of rotatable bonds is 5. The summed E-state index contributed by atoms with van der Waals surface area (Å²) in [6, 6.07) is 7.46. The molecule has 0 saturated heterocycles. The molecule has 0 aromatic heterocycles. The summed E-state index contributed by atoms with van der Waals surface area (Å²) >= 11 is 5.75. The van der Waals surface area contributed by atoms with Gasteiger partial charge in [-0.2, -0.15) is 0 Å². The molecular weight excluding hydrogens is 210 g/mol. The molecule has 1 aromatic rings. The van der Waals surface area contributed by atoms with E-state index in [0.717, 1.165) is 12.0 Å². The standard InChI is InChI=1S/C12H16ClNO/c1-9(14)2-7-12(15)8-10-3-5-11(13)6-4-10/h3-6,9H,2,7-8,14H2,1H3. The van der Waals surface area contributed by atoms with Crippen LogP contribution in [0.3, 0.4) is 0 Å². The second kappa shape index (κ2) is 5.89. The lowest BCUT2D eigenvalue weighted by atomic mass is 10.0. The van der Waals surface area contributed by atoms with Gasteiger partial charge in [-0.05, 0) is 31.0 Å². The van der Waals surface area contributed by atoms with Gasteiger partial charge in [0, 0.05) is 23.9 Å². The number of hydrogen-bond donors (Lipinski definition) is 1. The maximum atomic E-state index is 11.5. The molecule has 0 fully saturated rings. The molecule has 0 aliphatic heterocycles. The minimum absolute atomic E-state index is 0.0965. The highest BCUT2D eigenvalue weighted by Crippen LogP contribution is 2.11. The van der Waals surface area contributed by atoms with Gasteiger partial charge in [0.2, 0.25) is 0 Å². The number of nitrogens with two attached hydrogens (primary N) is 1. The summed E-state index contributed by atoms with van der Waals surface area (Å²) in [5.41, 5.74) is 6.59. The number of carbonyl (C=O) groups is 1. The molecule has 0 bridgehead atoms. The Balaban J connectivity index is 2.41. The fourth-order valence-corrected chi connectivity index (χ4v) is 1.43. The number of hydrogen-bond acceptors (Lipinski definition) is 2. The lowest BCUT2D eigenvalue weighted by Gasteiger charge is -2.04. The molecular formula is C12H16ClNO. The first-order valence-corrected chi connectivity index (χ1v) is 5.47. The second-order valence-electron chi connectivity index (χ2n) is 3.86. The molecule has 1 atom stereocenters. The molecule has 0 saturated carbocycles. The molecule has 0 spiro atoms. The molecule has 0 radical (unpaired) electrons. The van der Waals surface area contributed by atoms with Gasteiger partial charge in [-0.15, -0.1) is 0 Å². The number of halogens is 1. The van der Waals surface area contributed by atoms with E-state index >= 15 is 0 Å². The van der Waals surface area contributed by atoms with Gasteiger partial charge in [0.05, 0.1) is 0 Å². The van der Waals surface area contributed by atoms with Gasteiger partial charge in [0.25, 0.3) is 0 Å². The highest BCUT2D eigenvalue weighted by atomic mass is 35.5. The van der Waals surface area contributed by atoms with Gasteiger partial charge >= 0.3 is 0 Å². The summed E-state index contributed by atoms with van der Waals surface area (Å²) in [7, 11) is 0. The normalized spacial score (nSPS) is 12.5. The summed E-state index contributed by atoms with van der Waals surface area (Å²) in [6.45, 7) is 1.91. The van der Waals surface area contributed by atoms with E-state index in [9.17, 15) is 4.79 Å². The average molecular weight is 226 g/mol. The Hall–Kier alpha value is -0.860. The van der Waals surface area contributed by atoms with Crippen LogP contribution in [0.25, 0.3) is 0 Å². The maximum Gasteiger partial charge on any atom is 0.137 e. The van der Waals surface area contributed by atoms with Crippen LogP contribution in [0.15, 0.2) is 24.3 Å². The third-order valence-electron chi connectivity index (χ3n) is 2.19. The zero-order chi connectivity index (χ0) is 11.3. The molecule has 0 aliphatic carbocycles. The van der Waals surface area contributed by atoms with Crippen LogP contribution in [-0.2, 0) is 11.2 Å². The van der Waals surface area contributed by atoms with Crippen LogP contribution in [-0.4, -0.2) is 11.8 Å². The van der Waals surface area contributed by atoms with E-state index in [0.29, 0.717) is 17.9 Å². The van der Waals surface area contributed by atoms with E-state index in [-0.39, 0.29) is 11.8 Å². The third-order valence-corrected chi connectivity index (χ3v) is 2.45. The van der Waals surface area contributed by atoms with Gasteiger partial charge in [-0.1, -0.05) is 23.7 Å². The molecule has 0 heterocycles. The quantitative estimate of drug-likeness (QED) is 0.837. The summed E-state index contributed by atoms with van der Waals surface area (Å²) in [6.07, 6.45) is 1.79. The molecule has 1 rings (SSSR count). The van der Waals surface area contributed by atoms with Crippen LogP contribution >= 0.6 is 11.6 Å². The Morgan fingerprint density at radius 3 is 2.53 bits per heavy atom. The zero-order valence-corrected chi connectivity index (χ0v) is 9.63. The van der Waals surface area contributed by atoms with Crippen molar-refractivity contribution in [3.8, 4) is 0 Å². The second-order valence-corrected chi connectivity index (χ2v) is 4.29.